The standard InChI is InChI=1S/C25H31NO8/c1-16(2)20-9-8-17(3)13-21(20)25-18(7-5-4-6-12-33-26(31)32)14-19(15-22(25)27)34-24(30)11-10-23(28)29/h10-11,13-15,20-21,27H,1,4-9,12H2,2-3H3,(H,28,29)/t20-,21+/m1/s1. The first kappa shape index (κ1) is 26.6. The van der Waals surface area contributed by atoms with E-state index in [4.69, 9.17) is 9.84 Å². The third-order valence-electron chi connectivity index (χ3n) is 5.80. The summed E-state index contributed by atoms with van der Waals surface area (Å²) in [5, 5.41) is 29.1. The lowest BCUT2D eigenvalue weighted by Crippen LogP contribution is -2.18. The number of allylic oxidation sites excluding steroid dienone is 3. The van der Waals surface area contributed by atoms with E-state index >= 15 is 0 Å². The Morgan fingerprint density at radius 3 is 2.65 bits per heavy atom. The highest BCUT2D eigenvalue weighted by Gasteiger charge is 2.30. The molecule has 0 saturated heterocycles. The molecule has 184 valence electrons. The molecule has 0 bridgehead atoms. The number of carbonyl (C=O) groups is 2. The highest BCUT2D eigenvalue weighted by atomic mass is 16.9. The number of aryl methyl sites for hydroxylation is 1. The zero-order chi connectivity index (χ0) is 25.3. The molecular formula is C25H31NO8. The number of phenolic OH excluding ortho intramolecular Hbond substituents is 1. The van der Waals surface area contributed by atoms with Crippen LogP contribution >= 0.6 is 0 Å². The Morgan fingerprint density at radius 1 is 1.26 bits per heavy atom. The molecular weight excluding hydrogens is 442 g/mol. The van der Waals surface area contributed by atoms with Crippen molar-refractivity contribution in [3.05, 3.63) is 69.3 Å². The van der Waals surface area contributed by atoms with Crippen molar-refractivity contribution in [2.24, 2.45) is 5.92 Å². The maximum atomic E-state index is 12.0. The molecule has 0 spiro atoms. The van der Waals surface area contributed by atoms with Crippen molar-refractivity contribution in [1.82, 2.24) is 0 Å². The second kappa shape index (κ2) is 12.6. The molecule has 2 N–H and O–H groups in total. The van der Waals surface area contributed by atoms with Crippen molar-refractivity contribution < 1.29 is 34.5 Å². The summed E-state index contributed by atoms with van der Waals surface area (Å²) in [7, 11) is 0. The molecule has 0 amide bonds. The molecule has 0 radical (unpaired) electrons. The lowest BCUT2D eigenvalue weighted by atomic mass is 9.72. The van der Waals surface area contributed by atoms with Gasteiger partial charge in [-0.15, -0.1) is 10.1 Å². The van der Waals surface area contributed by atoms with Crippen LogP contribution in [0.1, 0.15) is 63.0 Å². The minimum atomic E-state index is -1.28. The summed E-state index contributed by atoms with van der Waals surface area (Å²) in [5.41, 5.74) is 3.78. The van der Waals surface area contributed by atoms with Crippen LogP contribution in [0.15, 0.2) is 48.1 Å². The highest BCUT2D eigenvalue weighted by Crippen LogP contribution is 2.45. The predicted molar refractivity (Wildman–Crippen MR) is 125 cm³/mol. The third-order valence-corrected chi connectivity index (χ3v) is 5.80. The van der Waals surface area contributed by atoms with Gasteiger partial charge in [0, 0.05) is 29.7 Å². The predicted octanol–water partition coefficient (Wildman–Crippen LogP) is 4.88. The number of aromatic hydroxyl groups is 1. The van der Waals surface area contributed by atoms with Crippen LogP contribution in [0.25, 0.3) is 0 Å². The van der Waals surface area contributed by atoms with Gasteiger partial charge in [-0.25, -0.2) is 9.59 Å². The van der Waals surface area contributed by atoms with Crippen molar-refractivity contribution in [3.8, 4) is 11.5 Å². The van der Waals surface area contributed by atoms with E-state index in [0.717, 1.165) is 35.6 Å². The average Bonchev–Trinajstić information content (AvgIpc) is 2.74. The van der Waals surface area contributed by atoms with Gasteiger partial charge in [0.15, 0.2) is 0 Å². The molecule has 2 atom stereocenters. The topological polar surface area (TPSA) is 136 Å². The van der Waals surface area contributed by atoms with Crippen LogP contribution in [-0.2, 0) is 20.8 Å². The Morgan fingerprint density at radius 2 is 2.00 bits per heavy atom. The number of nitrogens with zero attached hydrogens (tertiary/aromatic N) is 1. The summed E-state index contributed by atoms with van der Waals surface area (Å²) in [4.78, 5) is 37.2. The van der Waals surface area contributed by atoms with Crippen LogP contribution in [0, 0.1) is 16.0 Å². The van der Waals surface area contributed by atoms with E-state index in [2.05, 4.69) is 24.4 Å². The second-order valence-electron chi connectivity index (χ2n) is 8.51. The summed E-state index contributed by atoms with van der Waals surface area (Å²) >= 11 is 0. The third kappa shape index (κ3) is 8.06. The van der Waals surface area contributed by atoms with Gasteiger partial charge >= 0.3 is 11.9 Å². The molecule has 9 heteroatoms. The van der Waals surface area contributed by atoms with Crippen molar-refractivity contribution in [3.63, 3.8) is 0 Å². The van der Waals surface area contributed by atoms with Gasteiger partial charge in [-0.1, -0.05) is 30.2 Å². The van der Waals surface area contributed by atoms with Gasteiger partial charge in [0.2, 0.25) is 0 Å². The summed E-state index contributed by atoms with van der Waals surface area (Å²) in [6.45, 7) is 8.18. The van der Waals surface area contributed by atoms with E-state index in [1.165, 1.54) is 11.6 Å². The minimum absolute atomic E-state index is 0.0126. The summed E-state index contributed by atoms with van der Waals surface area (Å²) in [6.07, 6.45) is 7.89. The average molecular weight is 474 g/mol. The number of carboxylic acids is 1. The number of hydrogen-bond acceptors (Lipinski definition) is 7. The van der Waals surface area contributed by atoms with Gasteiger partial charge in [0.1, 0.15) is 11.5 Å². The maximum absolute atomic E-state index is 12.0. The lowest BCUT2D eigenvalue weighted by Gasteiger charge is -2.32. The molecule has 1 aromatic carbocycles. The fraction of sp³-hybridized carbons (Fsp3) is 0.440. The summed E-state index contributed by atoms with van der Waals surface area (Å²) in [6, 6.07) is 3.05. The van der Waals surface area contributed by atoms with Crippen molar-refractivity contribution in [2.45, 2.75) is 58.3 Å². The molecule has 0 aliphatic heterocycles. The SMILES string of the molecule is C=C(C)[C@H]1CCC(C)=C[C@@H]1c1c(O)cc(OC(=O)C=CC(=O)O)cc1CCCCCO[N+](=O)[O-]. The number of benzene rings is 1. The first-order chi connectivity index (χ1) is 16.1. The van der Waals surface area contributed by atoms with Gasteiger partial charge < -0.3 is 19.8 Å². The molecule has 1 aliphatic carbocycles. The smallest absolute Gasteiger partial charge is 0.336 e. The Hall–Kier alpha value is -3.62. The zero-order valence-electron chi connectivity index (χ0n) is 19.5. The largest absolute Gasteiger partial charge is 0.507 e. The Balaban J connectivity index is 2.33. The van der Waals surface area contributed by atoms with E-state index in [1.807, 2.05) is 6.92 Å². The number of carbonyl (C=O) groups excluding carboxylic acids is 1. The van der Waals surface area contributed by atoms with Gasteiger partial charge in [0.05, 0.1) is 6.61 Å². The second-order valence-corrected chi connectivity index (χ2v) is 8.51. The molecule has 0 heterocycles. The number of hydrogen-bond donors (Lipinski definition) is 2. The Bertz CT molecular complexity index is 995. The fourth-order valence-corrected chi connectivity index (χ4v) is 4.25. The van der Waals surface area contributed by atoms with E-state index in [0.29, 0.717) is 31.8 Å². The van der Waals surface area contributed by atoms with E-state index in [9.17, 15) is 24.8 Å². The molecule has 1 aliphatic rings. The number of unbranched alkanes of at least 4 members (excludes halogenated alkanes) is 2. The van der Waals surface area contributed by atoms with Crippen LogP contribution in [-0.4, -0.2) is 33.8 Å². The van der Waals surface area contributed by atoms with Gasteiger partial charge in [-0.05, 0) is 63.5 Å². The van der Waals surface area contributed by atoms with Crippen LogP contribution in [0.5, 0.6) is 11.5 Å². The monoisotopic (exact) mass is 473 g/mol. The molecule has 34 heavy (non-hydrogen) atoms. The van der Waals surface area contributed by atoms with Gasteiger partial charge in [-0.2, -0.15) is 0 Å². The van der Waals surface area contributed by atoms with Crippen LogP contribution in [0.2, 0.25) is 0 Å². The van der Waals surface area contributed by atoms with Crippen molar-refractivity contribution >= 4 is 11.9 Å². The fourth-order valence-electron chi connectivity index (χ4n) is 4.25. The molecule has 0 unspecified atom stereocenters. The van der Waals surface area contributed by atoms with Crippen LogP contribution in [0.3, 0.4) is 0 Å². The first-order valence-corrected chi connectivity index (χ1v) is 11.2. The normalized spacial score (nSPS) is 17.8. The molecule has 2 rings (SSSR count). The van der Waals surface area contributed by atoms with Gasteiger partial charge in [0.25, 0.3) is 5.09 Å². The number of carboxylic acid groups (broad SMARTS) is 1. The molecule has 0 saturated carbocycles. The molecule has 1 aromatic rings. The minimum Gasteiger partial charge on any atom is -0.507 e. The number of ether oxygens (including phenoxy) is 1. The number of rotatable bonds is 12. The maximum Gasteiger partial charge on any atom is 0.336 e. The van der Waals surface area contributed by atoms with E-state index in [1.54, 1.807) is 6.07 Å². The summed E-state index contributed by atoms with van der Waals surface area (Å²) in [5.74, 6) is -1.99. The number of phenols is 1. The molecule has 0 aromatic heterocycles. The first-order valence-electron chi connectivity index (χ1n) is 11.2. The summed E-state index contributed by atoms with van der Waals surface area (Å²) < 4.78 is 5.22. The highest BCUT2D eigenvalue weighted by molar-refractivity contribution is 5.91. The van der Waals surface area contributed by atoms with Crippen molar-refractivity contribution in [2.75, 3.05) is 6.61 Å². The lowest BCUT2D eigenvalue weighted by molar-refractivity contribution is -0.757. The quantitative estimate of drug-likeness (QED) is 0.0834. The molecule has 0 fully saturated rings. The van der Waals surface area contributed by atoms with Crippen LogP contribution in [0.4, 0.5) is 0 Å². The Kier molecular flexibility index (Phi) is 9.85. The number of esters is 1. The Labute approximate surface area is 198 Å². The molecule has 9 nitrogen and oxygen atoms in total. The van der Waals surface area contributed by atoms with E-state index < -0.39 is 17.0 Å². The van der Waals surface area contributed by atoms with E-state index in [-0.39, 0.29) is 29.9 Å². The van der Waals surface area contributed by atoms with Crippen LogP contribution < -0.4 is 4.74 Å². The van der Waals surface area contributed by atoms with Crippen molar-refractivity contribution in [1.29, 1.82) is 0 Å². The number of aliphatic carboxylic acids is 1. The zero-order valence-corrected chi connectivity index (χ0v) is 19.5. The van der Waals surface area contributed by atoms with Gasteiger partial charge in [-0.3, -0.25) is 0 Å².